The molecule has 1 aromatic rings. The molecule has 0 saturated heterocycles. The Labute approximate surface area is 131 Å². The Hall–Kier alpha value is -2.32. The first-order chi connectivity index (χ1) is 10.7. The van der Waals surface area contributed by atoms with Gasteiger partial charge in [0, 0.05) is 12.1 Å². The van der Waals surface area contributed by atoms with Crippen LogP contribution < -0.4 is 10.6 Å². The molecule has 128 valence electrons. The summed E-state index contributed by atoms with van der Waals surface area (Å²) in [6, 6.07) is 4.30. The first-order valence-electron chi connectivity index (χ1n) is 6.93. The standard InChI is InChI=1S/C14H18F3N3O3/c1-4-11(21)20-13(14(15,16)17,12(22)23-5-2)19-10-8-6-7-9(3)18-10/h6-8H,4-5H2,1-3H3,(H,18,19)(H,20,21). The van der Waals surface area contributed by atoms with Gasteiger partial charge >= 0.3 is 17.8 Å². The molecule has 0 fully saturated rings. The average molecular weight is 333 g/mol. The predicted octanol–water partition coefficient (Wildman–Crippen LogP) is 2.15. The lowest BCUT2D eigenvalue weighted by Gasteiger charge is -2.34. The Morgan fingerprint density at radius 2 is 1.91 bits per heavy atom. The van der Waals surface area contributed by atoms with Crippen molar-refractivity contribution in [2.75, 3.05) is 11.9 Å². The van der Waals surface area contributed by atoms with Gasteiger partial charge in [-0.2, -0.15) is 13.2 Å². The van der Waals surface area contributed by atoms with Crippen molar-refractivity contribution in [3.05, 3.63) is 23.9 Å². The fourth-order valence-electron chi connectivity index (χ4n) is 1.73. The lowest BCUT2D eigenvalue weighted by atomic mass is 10.1. The minimum atomic E-state index is -5.14. The molecule has 2 N–H and O–H groups in total. The normalized spacial score (nSPS) is 13.8. The number of pyridine rings is 1. The lowest BCUT2D eigenvalue weighted by Crippen LogP contribution is -2.69. The maximum atomic E-state index is 13.6. The highest BCUT2D eigenvalue weighted by molar-refractivity contribution is 5.91. The molecule has 1 heterocycles. The first-order valence-corrected chi connectivity index (χ1v) is 6.93. The van der Waals surface area contributed by atoms with Crippen molar-refractivity contribution in [3.8, 4) is 0 Å². The van der Waals surface area contributed by atoms with Gasteiger partial charge < -0.3 is 15.4 Å². The summed E-state index contributed by atoms with van der Waals surface area (Å²) < 4.78 is 45.4. The second kappa shape index (κ2) is 7.30. The third kappa shape index (κ3) is 4.33. The predicted molar refractivity (Wildman–Crippen MR) is 76.4 cm³/mol. The number of nitrogens with one attached hydrogen (secondary N) is 2. The highest BCUT2D eigenvalue weighted by Gasteiger charge is 2.63. The second-order valence-corrected chi connectivity index (χ2v) is 4.66. The Morgan fingerprint density at radius 3 is 2.39 bits per heavy atom. The third-order valence-electron chi connectivity index (χ3n) is 2.86. The quantitative estimate of drug-likeness (QED) is 0.616. The van der Waals surface area contributed by atoms with E-state index in [0.29, 0.717) is 5.69 Å². The van der Waals surface area contributed by atoms with Gasteiger partial charge in [0.05, 0.1) is 6.61 Å². The summed E-state index contributed by atoms with van der Waals surface area (Å²) in [6.07, 6.45) is -5.38. The minimum Gasteiger partial charge on any atom is -0.463 e. The van der Waals surface area contributed by atoms with E-state index in [9.17, 15) is 22.8 Å². The number of carbonyl (C=O) groups is 2. The molecular weight excluding hydrogens is 315 g/mol. The van der Waals surface area contributed by atoms with Gasteiger partial charge in [-0.25, -0.2) is 9.78 Å². The molecule has 0 bridgehead atoms. The molecule has 1 rings (SSSR count). The van der Waals surface area contributed by atoms with Crippen LogP contribution in [0.2, 0.25) is 0 Å². The summed E-state index contributed by atoms with van der Waals surface area (Å²) in [5, 5.41) is 3.66. The maximum absolute atomic E-state index is 13.6. The number of ether oxygens (including phenoxy) is 1. The highest BCUT2D eigenvalue weighted by Crippen LogP contribution is 2.32. The Bertz CT molecular complexity index is 578. The number of nitrogens with zero attached hydrogens (tertiary/aromatic N) is 1. The zero-order chi connectivity index (χ0) is 17.7. The highest BCUT2D eigenvalue weighted by atomic mass is 19.4. The van der Waals surface area contributed by atoms with Crippen molar-refractivity contribution < 1.29 is 27.5 Å². The minimum absolute atomic E-state index is 0.216. The Balaban J connectivity index is 3.36. The summed E-state index contributed by atoms with van der Waals surface area (Å²) in [6.45, 7) is 4.04. The Morgan fingerprint density at radius 1 is 1.26 bits per heavy atom. The van der Waals surface area contributed by atoms with E-state index in [0.717, 1.165) is 0 Å². The molecule has 1 unspecified atom stereocenters. The summed E-state index contributed by atoms with van der Waals surface area (Å²) in [7, 11) is 0. The van der Waals surface area contributed by atoms with Crippen molar-refractivity contribution in [1.82, 2.24) is 10.3 Å². The van der Waals surface area contributed by atoms with Gasteiger partial charge in [0.25, 0.3) is 0 Å². The first kappa shape index (κ1) is 18.7. The topological polar surface area (TPSA) is 80.3 Å². The van der Waals surface area contributed by atoms with Gasteiger partial charge in [0.2, 0.25) is 5.91 Å². The largest absolute Gasteiger partial charge is 0.463 e. The number of anilines is 1. The number of carbonyl (C=O) groups excluding carboxylic acids is 2. The molecule has 0 saturated carbocycles. The van der Waals surface area contributed by atoms with Crippen molar-refractivity contribution in [2.45, 2.75) is 39.0 Å². The van der Waals surface area contributed by atoms with Gasteiger partial charge in [-0.15, -0.1) is 0 Å². The van der Waals surface area contributed by atoms with Crippen molar-refractivity contribution in [3.63, 3.8) is 0 Å². The van der Waals surface area contributed by atoms with Gasteiger partial charge in [0.15, 0.2) is 0 Å². The van der Waals surface area contributed by atoms with Crippen LogP contribution in [-0.4, -0.2) is 35.3 Å². The second-order valence-electron chi connectivity index (χ2n) is 4.66. The Kier molecular flexibility index (Phi) is 5.94. The van der Waals surface area contributed by atoms with E-state index in [1.165, 1.54) is 26.0 Å². The molecule has 1 atom stereocenters. The molecule has 0 aliphatic carbocycles. The zero-order valence-corrected chi connectivity index (χ0v) is 13.0. The van der Waals surface area contributed by atoms with Crippen molar-refractivity contribution >= 4 is 17.7 Å². The number of hydrogen-bond acceptors (Lipinski definition) is 5. The van der Waals surface area contributed by atoms with Crippen LogP contribution in [0.4, 0.5) is 19.0 Å². The van der Waals surface area contributed by atoms with E-state index in [-0.39, 0.29) is 18.8 Å². The summed E-state index contributed by atoms with van der Waals surface area (Å²) in [4.78, 5) is 27.4. The van der Waals surface area contributed by atoms with E-state index in [4.69, 9.17) is 0 Å². The fourth-order valence-corrected chi connectivity index (χ4v) is 1.73. The SMILES string of the molecule is CCOC(=O)C(NC(=O)CC)(Nc1cccc(C)n1)C(F)(F)F. The number of rotatable bonds is 6. The molecule has 1 amide bonds. The van der Waals surface area contributed by atoms with E-state index < -0.39 is 23.7 Å². The summed E-state index contributed by atoms with van der Waals surface area (Å²) in [5.74, 6) is -2.83. The van der Waals surface area contributed by atoms with Gasteiger partial charge in [-0.3, -0.25) is 4.79 Å². The molecule has 0 radical (unpaired) electrons. The van der Waals surface area contributed by atoms with Crippen molar-refractivity contribution in [2.24, 2.45) is 0 Å². The van der Waals surface area contributed by atoms with Crippen LogP contribution >= 0.6 is 0 Å². The van der Waals surface area contributed by atoms with Crippen molar-refractivity contribution in [1.29, 1.82) is 0 Å². The number of amides is 1. The number of aromatic nitrogens is 1. The maximum Gasteiger partial charge on any atom is 0.441 e. The van der Waals surface area contributed by atoms with Gasteiger partial charge in [-0.05, 0) is 26.0 Å². The van der Waals surface area contributed by atoms with Crippen LogP contribution in [0, 0.1) is 6.92 Å². The molecular formula is C14H18F3N3O3. The smallest absolute Gasteiger partial charge is 0.441 e. The average Bonchev–Trinajstić information content (AvgIpc) is 2.45. The number of halogens is 3. The molecule has 0 aromatic carbocycles. The zero-order valence-electron chi connectivity index (χ0n) is 13.0. The van der Waals surface area contributed by atoms with E-state index in [1.807, 2.05) is 5.32 Å². The molecule has 0 spiro atoms. The number of esters is 1. The van der Waals surface area contributed by atoms with Gasteiger partial charge in [-0.1, -0.05) is 13.0 Å². The van der Waals surface area contributed by atoms with E-state index in [1.54, 1.807) is 18.3 Å². The van der Waals surface area contributed by atoms with E-state index >= 15 is 0 Å². The lowest BCUT2D eigenvalue weighted by molar-refractivity contribution is -0.207. The number of alkyl halides is 3. The van der Waals surface area contributed by atoms with Crippen LogP contribution in [0.25, 0.3) is 0 Å². The monoisotopic (exact) mass is 333 g/mol. The van der Waals surface area contributed by atoms with Crippen LogP contribution in [0.15, 0.2) is 18.2 Å². The molecule has 0 aliphatic heterocycles. The van der Waals surface area contributed by atoms with Gasteiger partial charge in [0.1, 0.15) is 5.82 Å². The molecule has 9 heteroatoms. The summed E-state index contributed by atoms with van der Waals surface area (Å²) >= 11 is 0. The fraction of sp³-hybridized carbons (Fsp3) is 0.500. The van der Waals surface area contributed by atoms with Crippen LogP contribution in [0.3, 0.4) is 0 Å². The van der Waals surface area contributed by atoms with Crippen LogP contribution in [0.1, 0.15) is 26.0 Å². The molecule has 1 aromatic heterocycles. The summed E-state index contributed by atoms with van der Waals surface area (Å²) in [5.41, 5.74) is -2.96. The number of hydrogen-bond donors (Lipinski definition) is 2. The molecule has 6 nitrogen and oxygen atoms in total. The molecule has 23 heavy (non-hydrogen) atoms. The van der Waals surface area contributed by atoms with Crippen LogP contribution in [0.5, 0.6) is 0 Å². The van der Waals surface area contributed by atoms with E-state index in [2.05, 4.69) is 9.72 Å². The molecule has 0 aliphatic rings. The third-order valence-corrected chi connectivity index (χ3v) is 2.86. The number of aryl methyl sites for hydroxylation is 1. The van der Waals surface area contributed by atoms with Crippen LogP contribution in [-0.2, 0) is 14.3 Å².